The van der Waals surface area contributed by atoms with Crippen LogP contribution in [-0.4, -0.2) is 39.0 Å². The largest absolute Gasteiger partial charge is 0.480 e. The molecule has 0 aliphatic carbocycles. The van der Waals surface area contributed by atoms with E-state index in [9.17, 15) is 9.59 Å². The van der Waals surface area contributed by atoms with Gasteiger partial charge in [0.2, 0.25) is 5.91 Å². The van der Waals surface area contributed by atoms with Gasteiger partial charge >= 0.3 is 5.97 Å². The number of nitrogens with zero attached hydrogens (tertiary/aromatic N) is 2. The molecule has 0 saturated carbocycles. The number of carboxylic acid groups (broad SMARTS) is 1. The third-order valence-electron chi connectivity index (χ3n) is 4.30. The van der Waals surface area contributed by atoms with Gasteiger partial charge in [-0.15, -0.1) is 0 Å². The normalized spacial score (nSPS) is 12.3. The van der Waals surface area contributed by atoms with E-state index in [1.165, 1.54) is 4.90 Å². The van der Waals surface area contributed by atoms with E-state index in [2.05, 4.69) is 11.5 Å². The van der Waals surface area contributed by atoms with Crippen molar-refractivity contribution in [1.82, 2.24) is 9.47 Å². The molecule has 1 aromatic heterocycles. The molecule has 0 fully saturated rings. The number of hydrogen-bond donors (Lipinski definition) is 1. The molecule has 0 radical (unpaired) electrons. The molecule has 1 amide bonds. The van der Waals surface area contributed by atoms with Crippen LogP contribution < -0.4 is 0 Å². The minimum absolute atomic E-state index is 0.0851. The van der Waals surface area contributed by atoms with E-state index in [0.29, 0.717) is 0 Å². The summed E-state index contributed by atoms with van der Waals surface area (Å²) in [6, 6.07) is 7.90. The van der Waals surface area contributed by atoms with Crippen LogP contribution in [0.1, 0.15) is 32.8 Å². The predicted octanol–water partition coefficient (Wildman–Crippen LogP) is 2.92. The summed E-state index contributed by atoms with van der Waals surface area (Å²) in [5.41, 5.74) is 2.05. The molecule has 1 N–H and O–H groups in total. The third kappa shape index (κ3) is 3.73. The summed E-state index contributed by atoms with van der Waals surface area (Å²) >= 11 is 0. The number of rotatable bonds is 7. The van der Waals surface area contributed by atoms with Crippen LogP contribution in [0.25, 0.3) is 10.9 Å². The summed E-state index contributed by atoms with van der Waals surface area (Å²) in [7, 11) is 0. The molecule has 2 rings (SSSR count). The van der Waals surface area contributed by atoms with Gasteiger partial charge in [-0.2, -0.15) is 0 Å². The molecule has 1 heterocycles. The van der Waals surface area contributed by atoms with E-state index in [0.717, 1.165) is 29.4 Å². The molecule has 23 heavy (non-hydrogen) atoms. The van der Waals surface area contributed by atoms with Gasteiger partial charge in [0, 0.05) is 29.7 Å². The van der Waals surface area contributed by atoms with Gasteiger partial charge in [-0.25, -0.2) is 0 Å². The van der Waals surface area contributed by atoms with Crippen molar-refractivity contribution >= 4 is 22.8 Å². The number of hydrogen-bond acceptors (Lipinski definition) is 2. The number of amides is 1. The molecular formula is C18H24N2O3. The molecule has 1 aromatic carbocycles. The van der Waals surface area contributed by atoms with E-state index in [-0.39, 0.29) is 24.9 Å². The average molecular weight is 316 g/mol. The van der Waals surface area contributed by atoms with Gasteiger partial charge in [-0.1, -0.05) is 25.1 Å². The second kappa shape index (κ2) is 7.31. The van der Waals surface area contributed by atoms with Crippen molar-refractivity contribution in [1.29, 1.82) is 0 Å². The summed E-state index contributed by atoms with van der Waals surface area (Å²) in [6.07, 6.45) is 2.96. The Morgan fingerprint density at radius 1 is 1.26 bits per heavy atom. The Morgan fingerprint density at radius 2 is 1.96 bits per heavy atom. The Balaban J connectivity index is 2.29. The highest BCUT2D eigenvalue weighted by molar-refractivity contribution is 5.90. The number of carboxylic acids is 1. The highest BCUT2D eigenvalue weighted by Crippen LogP contribution is 2.22. The van der Waals surface area contributed by atoms with Crippen LogP contribution in [-0.2, 0) is 22.6 Å². The Labute approximate surface area is 136 Å². The fourth-order valence-corrected chi connectivity index (χ4v) is 2.85. The number of aromatic nitrogens is 1. The quantitative estimate of drug-likeness (QED) is 0.854. The number of benzene rings is 1. The summed E-state index contributed by atoms with van der Waals surface area (Å²) in [4.78, 5) is 25.2. The van der Waals surface area contributed by atoms with Gasteiger partial charge < -0.3 is 14.6 Å². The SMILES string of the molecule is CCC(C)N(CC(=O)O)C(=O)Cc1cn(CC)c2ccccc12. The van der Waals surface area contributed by atoms with Gasteiger partial charge in [-0.05, 0) is 31.9 Å². The Morgan fingerprint density at radius 3 is 2.57 bits per heavy atom. The maximum atomic E-state index is 12.6. The van der Waals surface area contributed by atoms with E-state index in [4.69, 9.17) is 5.11 Å². The molecular weight excluding hydrogens is 292 g/mol. The first-order valence-electron chi connectivity index (χ1n) is 8.05. The monoisotopic (exact) mass is 316 g/mol. The minimum Gasteiger partial charge on any atom is -0.480 e. The second-order valence-electron chi connectivity index (χ2n) is 5.81. The van der Waals surface area contributed by atoms with Gasteiger partial charge in [0.05, 0.1) is 6.42 Å². The minimum atomic E-state index is -0.977. The molecule has 0 spiro atoms. The van der Waals surface area contributed by atoms with E-state index < -0.39 is 5.97 Å². The average Bonchev–Trinajstić information content (AvgIpc) is 2.89. The molecule has 0 bridgehead atoms. The van der Waals surface area contributed by atoms with Crippen LogP contribution in [0.3, 0.4) is 0 Å². The fraction of sp³-hybridized carbons (Fsp3) is 0.444. The van der Waals surface area contributed by atoms with Gasteiger partial charge in [0.1, 0.15) is 6.54 Å². The zero-order chi connectivity index (χ0) is 17.0. The molecule has 1 atom stereocenters. The van der Waals surface area contributed by atoms with Crippen molar-refractivity contribution in [2.75, 3.05) is 6.54 Å². The van der Waals surface area contributed by atoms with Gasteiger partial charge in [-0.3, -0.25) is 9.59 Å². The van der Waals surface area contributed by atoms with Crippen LogP contribution in [0.15, 0.2) is 30.5 Å². The van der Waals surface area contributed by atoms with Crippen molar-refractivity contribution < 1.29 is 14.7 Å². The predicted molar refractivity (Wildman–Crippen MR) is 90.4 cm³/mol. The standard InChI is InChI=1S/C18H24N2O3/c1-4-13(3)20(12-18(22)23)17(21)10-14-11-19(5-2)16-9-7-6-8-15(14)16/h6-9,11,13H,4-5,10,12H2,1-3H3,(H,22,23). The summed E-state index contributed by atoms with van der Waals surface area (Å²) in [5.74, 6) is -1.12. The maximum absolute atomic E-state index is 12.6. The van der Waals surface area contributed by atoms with E-state index in [1.807, 2.05) is 44.3 Å². The molecule has 1 unspecified atom stereocenters. The maximum Gasteiger partial charge on any atom is 0.323 e. The Kier molecular flexibility index (Phi) is 5.42. The molecule has 0 aliphatic rings. The smallest absolute Gasteiger partial charge is 0.323 e. The topological polar surface area (TPSA) is 62.5 Å². The highest BCUT2D eigenvalue weighted by atomic mass is 16.4. The van der Waals surface area contributed by atoms with E-state index >= 15 is 0 Å². The number of para-hydroxylation sites is 1. The molecule has 0 aliphatic heterocycles. The van der Waals surface area contributed by atoms with E-state index in [1.54, 1.807) is 0 Å². The van der Waals surface area contributed by atoms with Crippen LogP contribution in [0.2, 0.25) is 0 Å². The van der Waals surface area contributed by atoms with Crippen LogP contribution >= 0.6 is 0 Å². The molecule has 5 nitrogen and oxygen atoms in total. The zero-order valence-corrected chi connectivity index (χ0v) is 14.0. The molecule has 124 valence electrons. The first-order valence-corrected chi connectivity index (χ1v) is 8.05. The van der Waals surface area contributed by atoms with Crippen molar-refractivity contribution in [2.45, 2.75) is 46.2 Å². The number of fused-ring (bicyclic) bond motifs is 1. The Hall–Kier alpha value is -2.30. The first kappa shape index (κ1) is 17.1. The second-order valence-corrected chi connectivity index (χ2v) is 5.81. The van der Waals surface area contributed by atoms with Crippen molar-refractivity contribution in [2.24, 2.45) is 0 Å². The highest BCUT2D eigenvalue weighted by Gasteiger charge is 2.22. The number of carbonyl (C=O) groups is 2. The lowest BCUT2D eigenvalue weighted by Gasteiger charge is -2.27. The molecule has 2 aromatic rings. The number of aliphatic carboxylic acids is 1. The lowest BCUT2D eigenvalue weighted by atomic mass is 10.1. The van der Waals surface area contributed by atoms with Gasteiger partial charge in [0.15, 0.2) is 0 Å². The Bertz CT molecular complexity index is 705. The third-order valence-corrected chi connectivity index (χ3v) is 4.30. The molecule has 0 saturated heterocycles. The van der Waals surface area contributed by atoms with Crippen molar-refractivity contribution in [3.05, 3.63) is 36.0 Å². The summed E-state index contributed by atoms with van der Waals surface area (Å²) in [5, 5.41) is 10.1. The molecule has 5 heteroatoms. The van der Waals surface area contributed by atoms with Crippen LogP contribution in [0, 0.1) is 0 Å². The van der Waals surface area contributed by atoms with Crippen LogP contribution in [0.4, 0.5) is 0 Å². The number of aryl methyl sites for hydroxylation is 1. The zero-order valence-electron chi connectivity index (χ0n) is 14.0. The lowest BCUT2D eigenvalue weighted by Crippen LogP contribution is -2.42. The summed E-state index contributed by atoms with van der Waals surface area (Å²) in [6.45, 7) is 6.49. The lowest BCUT2D eigenvalue weighted by molar-refractivity contribution is -0.145. The van der Waals surface area contributed by atoms with Crippen LogP contribution in [0.5, 0.6) is 0 Å². The van der Waals surface area contributed by atoms with Gasteiger partial charge in [0.25, 0.3) is 0 Å². The first-order chi connectivity index (χ1) is 11.0. The number of carbonyl (C=O) groups excluding carboxylic acids is 1. The summed E-state index contributed by atoms with van der Waals surface area (Å²) < 4.78 is 2.11. The van der Waals surface area contributed by atoms with Crippen molar-refractivity contribution in [3.63, 3.8) is 0 Å². The van der Waals surface area contributed by atoms with Crippen molar-refractivity contribution in [3.8, 4) is 0 Å². The fourth-order valence-electron chi connectivity index (χ4n) is 2.85.